The lowest BCUT2D eigenvalue weighted by atomic mass is 10.0. The van der Waals surface area contributed by atoms with E-state index in [9.17, 15) is 0 Å². The highest BCUT2D eigenvalue weighted by Gasteiger charge is 2.12. The van der Waals surface area contributed by atoms with Gasteiger partial charge in [0, 0.05) is 18.2 Å². The van der Waals surface area contributed by atoms with Crippen molar-refractivity contribution in [3.05, 3.63) is 112 Å². The number of fused-ring (bicyclic) bond motifs is 1. The van der Waals surface area contributed by atoms with Crippen molar-refractivity contribution in [2.75, 3.05) is 0 Å². The Kier molecular flexibility index (Phi) is 6.59. The van der Waals surface area contributed by atoms with Crippen LogP contribution in [0.2, 0.25) is 10.0 Å². The lowest BCUT2D eigenvalue weighted by Gasteiger charge is -2.18. The molecule has 0 saturated heterocycles. The van der Waals surface area contributed by atoms with Crippen LogP contribution in [0.4, 0.5) is 0 Å². The molecule has 0 aliphatic carbocycles. The van der Waals surface area contributed by atoms with Gasteiger partial charge in [-0.2, -0.15) is 0 Å². The fraction of sp³-hybridized carbons (Fsp3) is 0.154. The van der Waals surface area contributed by atoms with E-state index in [1.54, 1.807) is 6.07 Å². The highest BCUT2D eigenvalue weighted by atomic mass is 35.5. The van der Waals surface area contributed by atoms with Gasteiger partial charge in [-0.15, -0.1) is 0 Å². The highest BCUT2D eigenvalue weighted by molar-refractivity contribution is 6.42. The second kappa shape index (κ2) is 9.53. The molecule has 0 spiro atoms. The number of benzene rings is 4. The molecule has 0 aromatic heterocycles. The predicted molar refractivity (Wildman–Crippen MR) is 126 cm³/mol. The third kappa shape index (κ3) is 4.79. The van der Waals surface area contributed by atoms with Crippen LogP contribution in [0.15, 0.2) is 84.9 Å². The maximum atomic E-state index is 6.22. The zero-order valence-electron chi connectivity index (χ0n) is 16.7. The number of hydrogen-bond donors (Lipinski definition) is 1. The van der Waals surface area contributed by atoms with Crippen LogP contribution in [0, 0.1) is 0 Å². The van der Waals surface area contributed by atoms with Crippen molar-refractivity contribution < 1.29 is 4.74 Å². The third-order valence-electron chi connectivity index (χ3n) is 5.26. The summed E-state index contributed by atoms with van der Waals surface area (Å²) in [6.07, 6.45) is 0. The Morgan fingerprint density at radius 3 is 2.40 bits per heavy atom. The van der Waals surface area contributed by atoms with Gasteiger partial charge in [0.1, 0.15) is 12.4 Å². The Balaban J connectivity index is 1.58. The van der Waals surface area contributed by atoms with Gasteiger partial charge in [-0.1, -0.05) is 89.9 Å². The Morgan fingerprint density at radius 1 is 0.833 bits per heavy atom. The normalized spacial score (nSPS) is 12.1. The van der Waals surface area contributed by atoms with Crippen LogP contribution in [0.3, 0.4) is 0 Å². The van der Waals surface area contributed by atoms with Gasteiger partial charge in [0.05, 0.1) is 10.0 Å². The monoisotopic (exact) mass is 435 g/mol. The van der Waals surface area contributed by atoms with Crippen molar-refractivity contribution in [2.24, 2.45) is 0 Å². The molecule has 4 heteroatoms. The first-order valence-corrected chi connectivity index (χ1v) is 10.7. The number of ether oxygens (including phenoxy) is 1. The van der Waals surface area contributed by atoms with Gasteiger partial charge in [-0.25, -0.2) is 0 Å². The van der Waals surface area contributed by atoms with Crippen molar-refractivity contribution in [1.82, 2.24) is 5.32 Å². The van der Waals surface area contributed by atoms with Crippen LogP contribution < -0.4 is 10.1 Å². The molecule has 0 saturated carbocycles. The molecule has 0 fully saturated rings. The van der Waals surface area contributed by atoms with E-state index in [4.69, 9.17) is 27.9 Å². The van der Waals surface area contributed by atoms with E-state index in [2.05, 4.69) is 66.8 Å². The minimum absolute atomic E-state index is 0.230. The summed E-state index contributed by atoms with van der Waals surface area (Å²) in [6.45, 7) is 3.31. The number of halogens is 2. The SMILES string of the molecule is CC(NCc1c(OCc2ccc(Cl)c(Cl)c2)ccc2ccccc12)c1ccccc1. The van der Waals surface area contributed by atoms with Crippen molar-refractivity contribution in [1.29, 1.82) is 0 Å². The molecular formula is C26H23Cl2NO. The standard InChI is InChI=1S/C26H23Cl2NO/c1-18(20-7-3-2-4-8-20)29-16-23-22-10-6-5-9-21(22)12-14-26(23)30-17-19-11-13-24(27)25(28)15-19/h2-15,18,29H,16-17H2,1H3. The molecule has 0 aliphatic rings. The minimum atomic E-state index is 0.230. The predicted octanol–water partition coefficient (Wildman–Crippen LogP) is 7.58. The van der Waals surface area contributed by atoms with Crippen molar-refractivity contribution in [2.45, 2.75) is 26.1 Å². The van der Waals surface area contributed by atoms with Crippen LogP contribution >= 0.6 is 23.2 Å². The molecule has 1 N–H and O–H groups in total. The molecule has 0 amide bonds. The average molecular weight is 436 g/mol. The van der Waals surface area contributed by atoms with Crippen molar-refractivity contribution in [3.8, 4) is 5.75 Å². The van der Waals surface area contributed by atoms with Crippen LogP contribution in [-0.4, -0.2) is 0 Å². The van der Waals surface area contributed by atoms with E-state index in [0.29, 0.717) is 23.2 Å². The van der Waals surface area contributed by atoms with Gasteiger partial charge in [0.25, 0.3) is 0 Å². The average Bonchev–Trinajstić information content (AvgIpc) is 2.79. The summed E-state index contributed by atoms with van der Waals surface area (Å²) >= 11 is 12.2. The smallest absolute Gasteiger partial charge is 0.124 e. The molecule has 4 rings (SSSR count). The lowest BCUT2D eigenvalue weighted by Crippen LogP contribution is -2.18. The molecule has 30 heavy (non-hydrogen) atoms. The van der Waals surface area contributed by atoms with Crippen LogP contribution in [0.5, 0.6) is 5.75 Å². The van der Waals surface area contributed by atoms with Gasteiger partial charge < -0.3 is 10.1 Å². The number of nitrogens with one attached hydrogen (secondary N) is 1. The van der Waals surface area contributed by atoms with Gasteiger partial charge in [0.15, 0.2) is 0 Å². The fourth-order valence-corrected chi connectivity index (χ4v) is 3.86. The van der Waals surface area contributed by atoms with E-state index >= 15 is 0 Å². The second-order valence-electron chi connectivity index (χ2n) is 7.31. The zero-order chi connectivity index (χ0) is 20.9. The van der Waals surface area contributed by atoms with Gasteiger partial charge in [0.2, 0.25) is 0 Å². The number of hydrogen-bond acceptors (Lipinski definition) is 2. The largest absolute Gasteiger partial charge is 0.489 e. The first-order chi connectivity index (χ1) is 14.6. The molecule has 152 valence electrons. The first kappa shape index (κ1) is 20.7. The van der Waals surface area contributed by atoms with Gasteiger partial charge >= 0.3 is 0 Å². The van der Waals surface area contributed by atoms with E-state index < -0.39 is 0 Å². The Labute approximate surface area is 187 Å². The van der Waals surface area contributed by atoms with Crippen molar-refractivity contribution in [3.63, 3.8) is 0 Å². The van der Waals surface area contributed by atoms with Crippen LogP contribution in [0.1, 0.15) is 29.7 Å². The summed E-state index contributed by atoms with van der Waals surface area (Å²) in [7, 11) is 0. The summed E-state index contributed by atoms with van der Waals surface area (Å²) in [5.41, 5.74) is 3.39. The molecule has 0 radical (unpaired) electrons. The third-order valence-corrected chi connectivity index (χ3v) is 6.00. The zero-order valence-corrected chi connectivity index (χ0v) is 18.3. The second-order valence-corrected chi connectivity index (χ2v) is 8.13. The molecular weight excluding hydrogens is 413 g/mol. The topological polar surface area (TPSA) is 21.3 Å². The molecule has 0 bridgehead atoms. The maximum Gasteiger partial charge on any atom is 0.124 e. The molecule has 2 nitrogen and oxygen atoms in total. The molecule has 4 aromatic carbocycles. The van der Waals surface area contributed by atoms with Crippen molar-refractivity contribution >= 4 is 34.0 Å². The summed E-state index contributed by atoms with van der Waals surface area (Å²) in [5, 5.41) is 7.12. The Bertz CT molecular complexity index is 1140. The quantitative estimate of drug-likeness (QED) is 0.323. The van der Waals surface area contributed by atoms with Crippen LogP contribution in [0.25, 0.3) is 10.8 Å². The first-order valence-electron chi connectivity index (χ1n) is 9.97. The molecule has 1 atom stereocenters. The van der Waals surface area contributed by atoms with Crippen LogP contribution in [-0.2, 0) is 13.2 Å². The Hall–Kier alpha value is -2.52. The summed E-state index contributed by atoms with van der Waals surface area (Å²) in [5.74, 6) is 0.868. The molecule has 4 aromatic rings. The lowest BCUT2D eigenvalue weighted by molar-refractivity contribution is 0.302. The van der Waals surface area contributed by atoms with E-state index in [1.807, 2.05) is 24.3 Å². The maximum absolute atomic E-state index is 6.22. The Morgan fingerprint density at radius 2 is 1.60 bits per heavy atom. The fourth-order valence-electron chi connectivity index (χ4n) is 3.54. The number of rotatable bonds is 7. The summed E-state index contributed by atoms with van der Waals surface area (Å²) in [4.78, 5) is 0. The summed E-state index contributed by atoms with van der Waals surface area (Å²) < 4.78 is 6.22. The van der Waals surface area contributed by atoms with E-state index in [0.717, 1.165) is 16.9 Å². The molecule has 0 heterocycles. The van der Waals surface area contributed by atoms with E-state index in [-0.39, 0.29) is 6.04 Å². The minimum Gasteiger partial charge on any atom is -0.489 e. The highest BCUT2D eigenvalue weighted by Crippen LogP contribution is 2.30. The van der Waals surface area contributed by atoms with Gasteiger partial charge in [-0.05, 0) is 47.0 Å². The van der Waals surface area contributed by atoms with E-state index in [1.165, 1.54) is 16.3 Å². The van der Waals surface area contributed by atoms with Gasteiger partial charge in [-0.3, -0.25) is 0 Å². The molecule has 0 aliphatic heterocycles. The molecule has 1 unspecified atom stereocenters. The summed E-state index contributed by atoms with van der Waals surface area (Å²) in [6, 6.07) is 28.8.